The lowest BCUT2D eigenvalue weighted by atomic mass is 10.1. The van der Waals surface area contributed by atoms with Crippen LogP contribution in [0.15, 0.2) is 48.5 Å². The Morgan fingerprint density at radius 2 is 1.88 bits per heavy atom. The van der Waals surface area contributed by atoms with Gasteiger partial charge in [0.05, 0.1) is 18.3 Å². The van der Waals surface area contributed by atoms with Crippen LogP contribution in [0.25, 0.3) is 11.0 Å². The highest BCUT2D eigenvalue weighted by atomic mass is 16.5. The molecule has 0 radical (unpaired) electrons. The number of carbonyl (C=O) groups excluding carboxylic acids is 3. The van der Waals surface area contributed by atoms with Crippen molar-refractivity contribution < 1.29 is 19.1 Å². The minimum atomic E-state index is -0.620. The fourth-order valence-electron chi connectivity index (χ4n) is 4.45. The topological polar surface area (TPSA) is 149 Å². The molecule has 0 saturated heterocycles. The monoisotopic (exact) mass is 546 g/mol. The summed E-state index contributed by atoms with van der Waals surface area (Å²) in [6.07, 6.45) is 0.552. The highest BCUT2D eigenvalue weighted by Gasteiger charge is 2.21. The summed E-state index contributed by atoms with van der Waals surface area (Å²) < 4.78 is 9.00. The Hall–Kier alpha value is -4.87. The summed E-state index contributed by atoms with van der Waals surface area (Å²) in [5, 5.41) is 10.2. The van der Waals surface area contributed by atoms with Crippen molar-refractivity contribution in [2.24, 2.45) is 5.73 Å². The van der Waals surface area contributed by atoms with Gasteiger partial charge >= 0.3 is 6.03 Å². The quantitative estimate of drug-likeness (QED) is 0.263. The molecule has 0 spiro atoms. The van der Waals surface area contributed by atoms with E-state index in [9.17, 15) is 14.4 Å². The van der Waals surface area contributed by atoms with E-state index in [0.29, 0.717) is 55.1 Å². The van der Waals surface area contributed by atoms with Crippen LogP contribution < -0.4 is 21.1 Å². The summed E-state index contributed by atoms with van der Waals surface area (Å²) >= 11 is 0. The van der Waals surface area contributed by atoms with E-state index in [1.807, 2.05) is 48.7 Å². The number of urea groups is 1. The molecule has 0 aliphatic heterocycles. The van der Waals surface area contributed by atoms with Crippen LogP contribution in [0.1, 0.15) is 45.4 Å². The number of benzene rings is 2. The van der Waals surface area contributed by atoms with Crippen LogP contribution in [-0.2, 0) is 19.6 Å². The molecular weight excluding hydrogens is 512 g/mol. The molecule has 40 heavy (non-hydrogen) atoms. The third kappa shape index (κ3) is 6.22. The first-order valence-corrected chi connectivity index (χ1v) is 13.0. The SMILES string of the molecule is CCn1nc(C)cc1C(=O)Nc1nc2cc(C(N)=O)cc(OC)c2n1CCCN(C)C(=O)NCc1ccccc1. The molecule has 2 aromatic carbocycles. The molecule has 4 aromatic rings. The highest BCUT2D eigenvalue weighted by Crippen LogP contribution is 2.31. The number of methoxy groups -OCH3 is 1. The Bertz CT molecular complexity index is 1530. The number of amides is 4. The van der Waals surface area contributed by atoms with E-state index in [2.05, 4.69) is 20.7 Å². The maximum absolute atomic E-state index is 13.2. The van der Waals surface area contributed by atoms with Gasteiger partial charge in [-0.3, -0.25) is 19.6 Å². The van der Waals surface area contributed by atoms with Gasteiger partial charge < -0.3 is 25.3 Å². The molecule has 0 unspecified atom stereocenters. The van der Waals surface area contributed by atoms with Gasteiger partial charge in [0.1, 0.15) is 17.0 Å². The van der Waals surface area contributed by atoms with Crippen molar-refractivity contribution in [1.82, 2.24) is 29.5 Å². The van der Waals surface area contributed by atoms with Crippen molar-refractivity contribution in [3.8, 4) is 5.75 Å². The molecule has 12 heteroatoms. The zero-order valence-electron chi connectivity index (χ0n) is 23.1. The van der Waals surface area contributed by atoms with Gasteiger partial charge in [-0.2, -0.15) is 5.10 Å². The predicted octanol–water partition coefficient (Wildman–Crippen LogP) is 3.15. The third-order valence-electron chi connectivity index (χ3n) is 6.48. The minimum absolute atomic E-state index is 0.195. The molecule has 0 atom stereocenters. The Kier molecular flexibility index (Phi) is 8.67. The number of fused-ring (bicyclic) bond motifs is 1. The maximum Gasteiger partial charge on any atom is 0.317 e. The van der Waals surface area contributed by atoms with Gasteiger partial charge in [-0.15, -0.1) is 0 Å². The summed E-state index contributed by atoms with van der Waals surface area (Å²) in [7, 11) is 3.21. The number of imidazole rings is 1. The Morgan fingerprint density at radius 3 is 2.55 bits per heavy atom. The fourth-order valence-corrected chi connectivity index (χ4v) is 4.45. The number of carbonyl (C=O) groups is 3. The van der Waals surface area contributed by atoms with E-state index in [1.165, 1.54) is 7.11 Å². The second-order valence-electron chi connectivity index (χ2n) is 9.36. The summed E-state index contributed by atoms with van der Waals surface area (Å²) in [5.41, 5.74) is 8.93. The third-order valence-corrected chi connectivity index (χ3v) is 6.48. The van der Waals surface area contributed by atoms with E-state index >= 15 is 0 Å². The number of nitrogens with two attached hydrogens (primary N) is 1. The number of aromatic nitrogens is 4. The zero-order valence-corrected chi connectivity index (χ0v) is 23.1. The Morgan fingerprint density at radius 1 is 1.12 bits per heavy atom. The molecule has 2 heterocycles. The van der Waals surface area contributed by atoms with Crippen molar-refractivity contribution in [3.05, 3.63) is 71.0 Å². The Labute approximate surface area is 232 Å². The number of rotatable bonds is 11. The maximum atomic E-state index is 13.2. The van der Waals surface area contributed by atoms with Gasteiger partial charge in [0.15, 0.2) is 0 Å². The molecule has 12 nitrogen and oxygen atoms in total. The number of ether oxygens (including phenoxy) is 1. The molecule has 0 aliphatic rings. The van der Waals surface area contributed by atoms with Crippen molar-refractivity contribution in [2.75, 3.05) is 26.0 Å². The zero-order chi connectivity index (χ0) is 28.8. The van der Waals surface area contributed by atoms with Gasteiger partial charge in [0.2, 0.25) is 11.9 Å². The first kappa shape index (κ1) is 28.1. The smallest absolute Gasteiger partial charge is 0.317 e. The van der Waals surface area contributed by atoms with Crippen molar-refractivity contribution in [2.45, 2.75) is 39.9 Å². The normalized spacial score (nSPS) is 10.9. The number of nitrogens with one attached hydrogen (secondary N) is 2. The van der Waals surface area contributed by atoms with Crippen molar-refractivity contribution >= 4 is 34.8 Å². The van der Waals surface area contributed by atoms with Crippen LogP contribution in [0.3, 0.4) is 0 Å². The number of hydrogen-bond acceptors (Lipinski definition) is 6. The molecule has 210 valence electrons. The molecule has 4 rings (SSSR count). The number of primary amides is 1. The molecule has 2 aromatic heterocycles. The second-order valence-corrected chi connectivity index (χ2v) is 9.36. The lowest BCUT2D eigenvalue weighted by Crippen LogP contribution is -2.37. The van der Waals surface area contributed by atoms with E-state index in [-0.39, 0.29) is 23.5 Å². The van der Waals surface area contributed by atoms with Gasteiger partial charge in [-0.1, -0.05) is 30.3 Å². The van der Waals surface area contributed by atoms with Crippen molar-refractivity contribution in [3.63, 3.8) is 0 Å². The first-order valence-electron chi connectivity index (χ1n) is 13.0. The van der Waals surface area contributed by atoms with E-state index in [0.717, 1.165) is 11.3 Å². The molecule has 0 saturated carbocycles. The summed E-state index contributed by atoms with van der Waals surface area (Å²) in [4.78, 5) is 44.0. The van der Waals surface area contributed by atoms with Gasteiger partial charge in [-0.05, 0) is 44.0 Å². The fraction of sp³-hybridized carbons (Fsp3) is 0.321. The number of hydrogen-bond donors (Lipinski definition) is 3. The molecule has 0 aliphatic carbocycles. The van der Waals surface area contributed by atoms with Gasteiger partial charge in [-0.25, -0.2) is 9.78 Å². The van der Waals surface area contributed by atoms with E-state index < -0.39 is 5.91 Å². The number of aryl methyl sites for hydroxylation is 3. The highest BCUT2D eigenvalue weighted by molar-refractivity contribution is 6.04. The lowest BCUT2D eigenvalue weighted by Gasteiger charge is -2.19. The van der Waals surface area contributed by atoms with Gasteiger partial charge in [0, 0.05) is 38.8 Å². The summed E-state index contributed by atoms with van der Waals surface area (Å²) in [6.45, 7) is 5.53. The molecule has 0 bridgehead atoms. The van der Waals surface area contributed by atoms with Gasteiger partial charge in [0.25, 0.3) is 5.91 Å². The van der Waals surface area contributed by atoms with Crippen LogP contribution in [0.5, 0.6) is 5.75 Å². The van der Waals surface area contributed by atoms with E-state index in [4.69, 9.17) is 10.5 Å². The van der Waals surface area contributed by atoms with Crippen LogP contribution in [0.4, 0.5) is 10.7 Å². The summed E-state index contributed by atoms with van der Waals surface area (Å²) in [6, 6.07) is 14.3. The first-order chi connectivity index (χ1) is 19.2. The van der Waals surface area contributed by atoms with Crippen LogP contribution in [0, 0.1) is 6.92 Å². The lowest BCUT2D eigenvalue weighted by molar-refractivity contribution is 0.0995. The minimum Gasteiger partial charge on any atom is -0.494 e. The molecule has 4 N–H and O–H groups in total. The van der Waals surface area contributed by atoms with Crippen LogP contribution >= 0.6 is 0 Å². The number of anilines is 1. The standard InChI is InChI=1S/C28H34N8O4/c1-5-36-22(14-18(2)33-36)26(38)32-27-31-21-15-20(25(29)37)16-23(40-4)24(21)35(27)13-9-12-34(3)28(39)30-17-19-10-7-6-8-11-19/h6-8,10-11,14-16H,5,9,12-13,17H2,1-4H3,(H2,29,37)(H,30,39)(H,31,32,38). The van der Waals surface area contributed by atoms with E-state index in [1.54, 1.807) is 34.8 Å². The number of nitrogens with zero attached hydrogens (tertiary/aromatic N) is 5. The van der Waals surface area contributed by atoms with Crippen LogP contribution in [-0.4, -0.2) is 62.8 Å². The summed E-state index contributed by atoms with van der Waals surface area (Å²) in [5.74, 6) is -0.323. The second kappa shape index (κ2) is 12.3. The molecule has 4 amide bonds. The molecule has 0 fully saturated rings. The average molecular weight is 547 g/mol. The predicted molar refractivity (Wildman–Crippen MR) is 151 cm³/mol. The average Bonchev–Trinajstić information content (AvgIpc) is 3.51. The van der Waals surface area contributed by atoms with Crippen molar-refractivity contribution in [1.29, 1.82) is 0 Å². The Balaban J connectivity index is 1.56. The largest absolute Gasteiger partial charge is 0.494 e. The molecular formula is C28H34N8O4. The van der Waals surface area contributed by atoms with Crippen LogP contribution in [0.2, 0.25) is 0 Å².